The summed E-state index contributed by atoms with van der Waals surface area (Å²) in [6, 6.07) is 50.8. The second-order valence-corrected chi connectivity index (χ2v) is 38.3. The summed E-state index contributed by atoms with van der Waals surface area (Å²) < 4.78 is 0. The maximum Gasteiger partial charge on any atom is 0.164 e. The van der Waals surface area contributed by atoms with Crippen molar-refractivity contribution in [3.05, 3.63) is 232 Å². The molecule has 3 heterocycles. The number of aromatic nitrogens is 3. The van der Waals surface area contributed by atoms with Crippen LogP contribution >= 0.6 is 0 Å². The molecule has 0 saturated heterocycles. The molecule has 3 radical (unpaired) electrons. The third-order valence-corrected chi connectivity index (χ3v) is 24.1. The SMILES string of the molecule is CC(C)(C)C(=O)C=C(O)C(C)(C)C.CC(C)(C)C(=O)C=C(O)C(C)(C)C.CCC(C)c1ccc2c(-c3[c-]c(C)cc(C)c3)nccc2c1.CCC(C)c1ccc2c(-c3[c-]c(C)cc(C4CCCC4)c3)nccc2c1.Cc1[c-]c(-c2nccc3cc(C(C)C4CCCC4)ccc23)cc(C)c1.O=C(C=C(O)C1CCCCC1)C1CCCCC1.[Ir].[Ir].[Ir]. The third-order valence-electron chi connectivity index (χ3n) is 24.1. The van der Waals surface area contributed by atoms with Crippen LogP contribution in [-0.4, -0.2) is 47.6 Å². The number of benzene rings is 6. The predicted molar refractivity (Wildman–Crippen MR) is 489 cm³/mol. The zero-order valence-electron chi connectivity index (χ0n) is 75.9. The van der Waals surface area contributed by atoms with Gasteiger partial charge in [-0.15, -0.1) is 105 Å². The minimum absolute atomic E-state index is 0. The van der Waals surface area contributed by atoms with Crippen molar-refractivity contribution in [3.8, 4) is 33.8 Å². The number of hydrogen-bond donors (Lipinski definition) is 3. The van der Waals surface area contributed by atoms with Gasteiger partial charge in [0.05, 0.1) is 5.76 Å². The van der Waals surface area contributed by atoms with Gasteiger partial charge in [-0.2, -0.15) is 0 Å². The molecule has 13 rings (SSSR count). The Kier molecular flexibility index (Phi) is 40.7. The van der Waals surface area contributed by atoms with Gasteiger partial charge in [-0.3, -0.25) is 14.4 Å². The molecule has 4 aliphatic carbocycles. The van der Waals surface area contributed by atoms with Gasteiger partial charge in [-0.25, -0.2) is 0 Å². The third kappa shape index (κ3) is 30.6. The van der Waals surface area contributed by atoms with Crippen molar-refractivity contribution in [1.29, 1.82) is 0 Å². The molecule has 3 aromatic heterocycles. The van der Waals surface area contributed by atoms with Crippen LogP contribution in [0.25, 0.3) is 66.1 Å². The Balaban J connectivity index is 0.000000258. The first-order chi connectivity index (χ1) is 54.7. The van der Waals surface area contributed by atoms with Gasteiger partial charge < -0.3 is 30.3 Å². The number of carbonyl (C=O) groups is 3. The van der Waals surface area contributed by atoms with Crippen LogP contribution in [0.5, 0.6) is 0 Å². The van der Waals surface area contributed by atoms with Crippen LogP contribution < -0.4 is 0 Å². The van der Waals surface area contributed by atoms with Gasteiger partial charge in [0.25, 0.3) is 0 Å². The number of fused-ring (bicyclic) bond motifs is 3. The number of ketones is 3. The van der Waals surface area contributed by atoms with Crippen LogP contribution in [0.3, 0.4) is 0 Å². The number of hydrogen-bond acceptors (Lipinski definition) is 9. The summed E-state index contributed by atoms with van der Waals surface area (Å²) in [5, 5.41) is 36.6. The fourth-order valence-corrected chi connectivity index (χ4v) is 16.0. The fraction of sp³-hybridized carbons (Fsp3) is 0.495. The normalized spacial score (nSPS) is 16.0. The zero-order chi connectivity index (χ0) is 85.0. The molecule has 3 N–H and O–H groups in total. The van der Waals surface area contributed by atoms with Crippen molar-refractivity contribution in [2.45, 2.75) is 304 Å². The maximum atomic E-state index is 12.0. The second kappa shape index (κ2) is 47.1. The molecule has 0 aliphatic heterocycles. The molecule has 9 nitrogen and oxygen atoms in total. The zero-order valence-corrected chi connectivity index (χ0v) is 83.1. The van der Waals surface area contributed by atoms with Crippen molar-refractivity contribution in [3.63, 3.8) is 0 Å². The van der Waals surface area contributed by atoms with E-state index in [1.54, 1.807) is 6.08 Å². The second-order valence-electron chi connectivity index (χ2n) is 38.3. The number of carbonyl (C=O) groups excluding carboxylic acids is 3. The van der Waals surface area contributed by atoms with Gasteiger partial charge >= 0.3 is 0 Å². The summed E-state index contributed by atoms with van der Waals surface area (Å²) in [4.78, 5) is 49.0. The summed E-state index contributed by atoms with van der Waals surface area (Å²) in [5.41, 5.74) is 16.8. The van der Waals surface area contributed by atoms with Gasteiger partial charge in [0.1, 0.15) is 11.5 Å². The Morgan fingerprint density at radius 1 is 0.403 bits per heavy atom. The molecule has 3 unspecified atom stereocenters. The van der Waals surface area contributed by atoms with E-state index < -0.39 is 10.8 Å². The molecule has 649 valence electrons. The quantitative estimate of drug-likeness (QED) is 0.0518. The van der Waals surface area contributed by atoms with Gasteiger partial charge in [-0.05, 0) is 178 Å². The minimum Gasteiger partial charge on any atom is -0.512 e. The van der Waals surface area contributed by atoms with Gasteiger partial charge in [0.15, 0.2) is 17.3 Å². The van der Waals surface area contributed by atoms with E-state index in [1.165, 1.54) is 185 Å². The number of aliphatic hydroxyl groups is 3. The average Bonchev–Trinajstić information content (AvgIpc) is 1.36. The molecular formula is C107H140Ir3N3O6-3. The van der Waals surface area contributed by atoms with Crippen LogP contribution in [0.1, 0.15) is 320 Å². The Morgan fingerprint density at radius 3 is 1.10 bits per heavy atom. The molecule has 0 amide bonds. The van der Waals surface area contributed by atoms with E-state index in [0.717, 1.165) is 77.4 Å². The van der Waals surface area contributed by atoms with Crippen molar-refractivity contribution >= 4 is 49.7 Å². The molecule has 4 aliphatic rings. The molecule has 4 saturated carbocycles. The number of aryl methyl sites for hydroxylation is 5. The van der Waals surface area contributed by atoms with Crippen molar-refractivity contribution in [2.24, 2.45) is 39.4 Å². The van der Waals surface area contributed by atoms with Crippen LogP contribution in [0.2, 0.25) is 0 Å². The molecule has 9 aromatic rings. The predicted octanol–water partition coefficient (Wildman–Crippen LogP) is 30.0. The molecular weight excluding hydrogens is 2000 g/mol. The van der Waals surface area contributed by atoms with Crippen molar-refractivity contribution < 1.29 is 90.0 Å². The summed E-state index contributed by atoms with van der Waals surface area (Å²) in [6.45, 7) is 44.3. The molecule has 119 heavy (non-hydrogen) atoms. The Labute approximate surface area is 757 Å². The summed E-state index contributed by atoms with van der Waals surface area (Å²) in [5.74, 6) is 4.60. The van der Waals surface area contributed by atoms with E-state index in [0.29, 0.717) is 29.4 Å². The van der Waals surface area contributed by atoms with E-state index in [2.05, 4.69) is 207 Å². The summed E-state index contributed by atoms with van der Waals surface area (Å²) >= 11 is 0. The molecule has 12 heteroatoms. The molecule has 6 aromatic carbocycles. The van der Waals surface area contributed by atoms with Gasteiger partial charge in [0, 0.05) is 131 Å². The Morgan fingerprint density at radius 2 is 0.739 bits per heavy atom. The van der Waals surface area contributed by atoms with Gasteiger partial charge in [-0.1, -0.05) is 271 Å². The fourth-order valence-electron chi connectivity index (χ4n) is 16.0. The largest absolute Gasteiger partial charge is 0.512 e. The van der Waals surface area contributed by atoms with Crippen molar-refractivity contribution in [1.82, 2.24) is 15.0 Å². The number of nitrogens with zero attached hydrogens (tertiary/aromatic N) is 3. The van der Waals surface area contributed by atoms with Crippen LogP contribution in [0, 0.1) is 92.2 Å². The number of pyridine rings is 3. The average molecular weight is 2140 g/mol. The van der Waals surface area contributed by atoms with Crippen LogP contribution in [0.4, 0.5) is 0 Å². The molecule has 4 fully saturated rings. The van der Waals surface area contributed by atoms with Crippen LogP contribution in [-0.2, 0) is 74.7 Å². The standard InChI is InChI=1S/C25H28N.C24H26N.C21H22N.C15H24O2.2C11H20O2.3Ir/c1-4-18(3)20-9-10-24-21(15-20)11-12-26-25(24)23-14-17(2)13-22(16-23)19-7-5-6-8-19;1-16-12-17(2)14-22(13-16)24-23-9-8-20(15-21(23)10-11-25-24)18(3)19-6-4-5-7-19;1-5-16(4)17-6-7-20-18(13-17)8-9-22-21(20)19-11-14(2)10-15(3)12-19;16-14(12-7-3-1-4-8-12)11-15(17)13-9-5-2-6-10-13;2*1-10(2,3)8(12)7-9(13)11(4,5)6;;;/h9-13,15-16,18-19H,4-8H2,1-3H3;8-13,15,18-19H,4-7H2,1-3H3;6-11,13,16H,5H2,1-4H3;11-13,16H,1-10H2;2*7,12H,1-6H3;;;/q3*-1;;;;;;. The molecule has 3 atom stereocenters. The smallest absolute Gasteiger partial charge is 0.164 e. The van der Waals surface area contributed by atoms with E-state index >= 15 is 0 Å². The Hall–Kier alpha value is -6.87. The Bertz CT molecular complexity index is 4790. The maximum absolute atomic E-state index is 12.0. The first kappa shape index (κ1) is 103. The molecule has 0 spiro atoms. The first-order valence-corrected chi connectivity index (χ1v) is 43.8. The van der Waals surface area contributed by atoms with Gasteiger partial charge in [0.2, 0.25) is 0 Å². The van der Waals surface area contributed by atoms with Crippen molar-refractivity contribution in [2.75, 3.05) is 0 Å². The molecule has 0 bridgehead atoms. The topological polar surface area (TPSA) is 151 Å². The van der Waals surface area contributed by atoms with E-state index in [4.69, 9.17) is 4.98 Å². The van der Waals surface area contributed by atoms with E-state index in [-0.39, 0.29) is 112 Å². The summed E-state index contributed by atoms with van der Waals surface area (Å²) in [7, 11) is 0. The number of aliphatic hydroxyl groups excluding tert-OH is 3. The number of allylic oxidation sites excluding steroid dienone is 6. The minimum atomic E-state index is -0.417. The van der Waals surface area contributed by atoms with E-state index in [9.17, 15) is 29.7 Å². The van der Waals surface area contributed by atoms with E-state index in [1.807, 2.05) is 102 Å². The monoisotopic (exact) mass is 2140 g/mol. The number of rotatable bonds is 15. The first-order valence-electron chi connectivity index (χ1n) is 43.8. The summed E-state index contributed by atoms with van der Waals surface area (Å²) in [6.07, 6.45) is 34.7. The van der Waals surface area contributed by atoms with Crippen LogP contribution in [0.15, 0.2) is 163 Å².